The fourth-order valence-corrected chi connectivity index (χ4v) is 4.21. The summed E-state index contributed by atoms with van der Waals surface area (Å²) in [4.78, 5) is 16.5. The highest BCUT2D eigenvalue weighted by atomic mass is 16.1. The van der Waals surface area contributed by atoms with Crippen molar-refractivity contribution in [3.8, 4) is 0 Å². The number of aryl methyl sites for hydroxylation is 1. The van der Waals surface area contributed by atoms with Gasteiger partial charge in [0.2, 0.25) is 5.91 Å². The molecule has 4 heteroatoms. The van der Waals surface area contributed by atoms with Gasteiger partial charge in [0.15, 0.2) is 0 Å². The van der Waals surface area contributed by atoms with Gasteiger partial charge < -0.3 is 9.88 Å². The molecule has 0 unspecified atom stereocenters. The predicted molar refractivity (Wildman–Crippen MR) is 88.5 cm³/mol. The van der Waals surface area contributed by atoms with Gasteiger partial charge in [0.25, 0.3) is 0 Å². The molecule has 3 rings (SSSR count). The second-order valence-electron chi connectivity index (χ2n) is 7.78. The second-order valence-corrected chi connectivity index (χ2v) is 7.78. The van der Waals surface area contributed by atoms with E-state index in [9.17, 15) is 4.79 Å². The molecule has 0 radical (unpaired) electrons. The minimum absolute atomic E-state index is 0.128. The Bertz CT molecular complexity index is 678. The number of carbonyl (C=O) groups is 1. The molecule has 4 nitrogen and oxygen atoms in total. The van der Waals surface area contributed by atoms with Gasteiger partial charge in [0.1, 0.15) is 5.65 Å². The van der Waals surface area contributed by atoms with E-state index in [1.807, 2.05) is 29.0 Å². The van der Waals surface area contributed by atoms with Gasteiger partial charge in [-0.2, -0.15) is 0 Å². The van der Waals surface area contributed by atoms with Gasteiger partial charge in [0.05, 0.1) is 0 Å². The second kappa shape index (κ2) is 5.41. The van der Waals surface area contributed by atoms with E-state index in [0.29, 0.717) is 18.4 Å². The Hall–Kier alpha value is -1.84. The van der Waals surface area contributed by atoms with Gasteiger partial charge in [-0.1, -0.05) is 20.8 Å². The van der Waals surface area contributed by atoms with E-state index < -0.39 is 0 Å². The predicted octanol–water partition coefficient (Wildman–Crippen LogP) is 3.37. The summed E-state index contributed by atoms with van der Waals surface area (Å²) in [5.41, 5.74) is 1.67. The first-order chi connectivity index (χ1) is 10.4. The van der Waals surface area contributed by atoms with Crippen molar-refractivity contribution in [1.29, 1.82) is 0 Å². The minimum atomic E-state index is 0.128. The zero-order valence-corrected chi connectivity index (χ0v) is 13.7. The molecule has 1 N–H and O–H groups in total. The summed E-state index contributed by atoms with van der Waals surface area (Å²) >= 11 is 0. The van der Waals surface area contributed by atoms with E-state index in [1.165, 1.54) is 12.8 Å². The van der Waals surface area contributed by atoms with Crippen LogP contribution in [-0.4, -0.2) is 22.0 Å². The monoisotopic (exact) mass is 299 g/mol. The molecule has 1 aliphatic rings. The Kier molecular flexibility index (Phi) is 3.71. The summed E-state index contributed by atoms with van der Waals surface area (Å²) in [5.74, 6) is 0.128. The number of hydrogen-bond acceptors (Lipinski definition) is 2. The summed E-state index contributed by atoms with van der Waals surface area (Å²) in [5, 5.41) is 4.22. The molecule has 1 saturated carbocycles. The van der Waals surface area contributed by atoms with Crippen LogP contribution < -0.4 is 5.32 Å². The molecule has 0 aliphatic heterocycles. The first-order valence-electron chi connectivity index (χ1n) is 8.04. The Morgan fingerprint density at radius 2 is 2.09 bits per heavy atom. The maximum atomic E-state index is 12.1. The average Bonchev–Trinajstić information content (AvgIpc) is 2.84. The maximum Gasteiger partial charge on any atom is 0.221 e. The molecule has 2 aromatic heterocycles. The van der Waals surface area contributed by atoms with Gasteiger partial charge in [-0.05, 0) is 41.9 Å². The standard InChI is InChI=1S/C18H25N3O/c1-17(2)11-18(3,12-17)13-20-15(22)7-10-21-9-6-14-5-4-8-19-16(14)21/h4-6,8-9H,7,10-13H2,1-3H3,(H,20,22). The van der Waals surface area contributed by atoms with Gasteiger partial charge in [-0.25, -0.2) is 4.98 Å². The number of nitrogens with one attached hydrogen (secondary N) is 1. The molecule has 0 aromatic carbocycles. The highest BCUT2D eigenvalue weighted by molar-refractivity contribution is 5.77. The van der Waals surface area contributed by atoms with Crippen LogP contribution in [0.1, 0.15) is 40.0 Å². The van der Waals surface area contributed by atoms with Gasteiger partial charge in [0, 0.05) is 37.3 Å². The topological polar surface area (TPSA) is 46.9 Å². The number of fused-ring (bicyclic) bond motifs is 1. The molecular formula is C18H25N3O. The van der Waals surface area contributed by atoms with Crippen molar-refractivity contribution in [2.24, 2.45) is 10.8 Å². The summed E-state index contributed by atoms with van der Waals surface area (Å²) in [7, 11) is 0. The summed E-state index contributed by atoms with van der Waals surface area (Å²) in [6.07, 6.45) is 6.66. The van der Waals surface area contributed by atoms with E-state index in [4.69, 9.17) is 0 Å². The fraction of sp³-hybridized carbons (Fsp3) is 0.556. The van der Waals surface area contributed by atoms with Crippen molar-refractivity contribution in [3.05, 3.63) is 30.6 Å². The third-order valence-electron chi connectivity index (χ3n) is 4.63. The third-order valence-corrected chi connectivity index (χ3v) is 4.63. The lowest BCUT2D eigenvalue weighted by atomic mass is 9.55. The molecule has 0 saturated heterocycles. The first-order valence-corrected chi connectivity index (χ1v) is 8.04. The van der Waals surface area contributed by atoms with Crippen LogP contribution in [0, 0.1) is 10.8 Å². The van der Waals surface area contributed by atoms with E-state index in [0.717, 1.165) is 17.6 Å². The van der Waals surface area contributed by atoms with Crippen LogP contribution in [0.2, 0.25) is 0 Å². The average molecular weight is 299 g/mol. The van der Waals surface area contributed by atoms with Crippen molar-refractivity contribution in [2.75, 3.05) is 6.54 Å². The number of nitrogens with zero attached hydrogens (tertiary/aromatic N) is 2. The molecule has 22 heavy (non-hydrogen) atoms. The SMILES string of the molecule is CC1(C)CC(C)(CNC(=O)CCn2ccc3cccnc32)C1. The summed E-state index contributed by atoms with van der Waals surface area (Å²) < 4.78 is 2.04. The van der Waals surface area contributed by atoms with E-state index in [1.54, 1.807) is 6.20 Å². The number of amides is 1. The van der Waals surface area contributed by atoms with Gasteiger partial charge in [-0.3, -0.25) is 4.79 Å². The lowest BCUT2D eigenvalue weighted by molar-refractivity contribution is -0.122. The zero-order valence-electron chi connectivity index (χ0n) is 13.7. The molecule has 0 atom stereocenters. The quantitative estimate of drug-likeness (QED) is 0.920. The molecule has 0 spiro atoms. The van der Waals surface area contributed by atoms with E-state index in [-0.39, 0.29) is 11.3 Å². The Balaban J connectivity index is 1.49. The third kappa shape index (κ3) is 3.16. The fourth-order valence-electron chi connectivity index (χ4n) is 4.21. The largest absolute Gasteiger partial charge is 0.355 e. The molecule has 1 fully saturated rings. The van der Waals surface area contributed by atoms with Crippen LogP contribution in [0.25, 0.3) is 11.0 Å². The van der Waals surface area contributed by atoms with Crippen LogP contribution in [0.3, 0.4) is 0 Å². The lowest BCUT2D eigenvalue weighted by Crippen LogP contribution is -2.48. The number of carbonyl (C=O) groups excluding carboxylic acids is 1. The highest BCUT2D eigenvalue weighted by Gasteiger charge is 2.45. The molecule has 2 aromatic rings. The molecule has 118 valence electrons. The van der Waals surface area contributed by atoms with Gasteiger partial charge in [-0.15, -0.1) is 0 Å². The van der Waals surface area contributed by atoms with E-state index in [2.05, 4.69) is 31.1 Å². The smallest absolute Gasteiger partial charge is 0.221 e. The van der Waals surface area contributed by atoms with Crippen LogP contribution in [0.15, 0.2) is 30.6 Å². The van der Waals surface area contributed by atoms with Crippen LogP contribution in [0.5, 0.6) is 0 Å². The number of rotatable bonds is 5. The Labute approximate surface area is 131 Å². The van der Waals surface area contributed by atoms with Crippen LogP contribution >= 0.6 is 0 Å². The van der Waals surface area contributed by atoms with Crippen molar-refractivity contribution in [2.45, 2.75) is 46.6 Å². The van der Waals surface area contributed by atoms with Crippen molar-refractivity contribution >= 4 is 16.9 Å². The van der Waals surface area contributed by atoms with Crippen molar-refractivity contribution in [1.82, 2.24) is 14.9 Å². The first kappa shape index (κ1) is 15.1. The Morgan fingerprint density at radius 3 is 2.82 bits per heavy atom. The lowest BCUT2D eigenvalue weighted by Gasteiger charge is -2.51. The molecular weight excluding hydrogens is 274 g/mol. The van der Waals surface area contributed by atoms with Crippen LogP contribution in [0.4, 0.5) is 0 Å². The number of hydrogen-bond donors (Lipinski definition) is 1. The van der Waals surface area contributed by atoms with Crippen molar-refractivity contribution < 1.29 is 4.79 Å². The van der Waals surface area contributed by atoms with E-state index >= 15 is 0 Å². The van der Waals surface area contributed by atoms with Crippen molar-refractivity contribution in [3.63, 3.8) is 0 Å². The highest BCUT2D eigenvalue weighted by Crippen LogP contribution is 2.53. The molecule has 0 bridgehead atoms. The zero-order chi connectivity index (χ0) is 15.8. The molecule has 1 amide bonds. The normalized spacial score (nSPS) is 18.9. The minimum Gasteiger partial charge on any atom is -0.355 e. The Morgan fingerprint density at radius 1 is 1.32 bits per heavy atom. The molecule has 1 aliphatic carbocycles. The molecule has 2 heterocycles. The summed E-state index contributed by atoms with van der Waals surface area (Å²) in [6, 6.07) is 6.01. The maximum absolute atomic E-state index is 12.1. The van der Waals surface area contributed by atoms with Gasteiger partial charge >= 0.3 is 0 Å². The number of aromatic nitrogens is 2. The number of pyridine rings is 1. The summed E-state index contributed by atoms with van der Waals surface area (Å²) in [6.45, 7) is 8.32. The van der Waals surface area contributed by atoms with Crippen LogP contribution in [-0.2, 0) is 11.3 Å².